The molecule has 0 N–H and O–H groups in total. The van der Waals surface area contributed by atoms with Gasteiger partial charge in [0.05, 0.1) is 0 Å². The Morgan fingerprint density at radius 2 is 1.92 bits per heavy atom. The highest BCUT2D eigenvalue weighted by atomic mass is 32.2. The molecule has 0 radical (unpaired) electrons. The molecule has 0 aromatic rings. The molecule has 1 fully saturated rings. The van der Waals surface area contributed by atoms with E-state index >= 15 is 0 Å². The largest absolute Gasteiger partial charge is 0.294 e. The molecule has 0 bridgehead atoms. The number of hydrogen-bond donors (Lipinski definition) is 0. The molecule has 1 unspecified atom stereocenters. The number of thioether (sulfide) groups is 1. The fourth-order valence-electron chi connectivity index (χ4n) is 1.46. The van der Waals surface area contributed by atoms with E-state index in [1.54, 1.807) is 11.8 Å². The van der Waals surface area contributed by atoms with Crippen molar-refractivity contribution in [3.8, 4) is 0 Å². The third kappa shape index (κ3) is 2.33. The first-order valence-corrected chi connectivity index (χ1v) is 5.55. The van der Waals surface area contributed by atoms with Gasteiger partial charge in [-0.05, 0) is 13.2 Å². The Morgan fingerprint density at radius 1 is 1.42 bits per heavy atom. The second kappa shape index (κ2) is 4.42. The third-order valence-corrected chi connectivity index (χ3v) is 3.06. The van der Waals surface area contributed by atoms with Crippen molar-refractivity contribution in [2.24, 2.45) is 0 Å². The van der Waals surface area contributed by atoms with Gasteiger partial charge in [0.1, 0.15) is 12.3 Å². The molecular formula is C8H15F2NS. The summed E-state index contributed by atoms with van der Waals surface area (Å²) in [6.07, 6.45) is -0.532. The number of rotatable bonds is 3. The van der Waals surface area contributed by atoms with Crippen LogP contribution >= 0.6 is 11.8 Å². The van der Waals surface area contributed by atoms with Gasteiger partial charge in [-0.1, -0.05) is 0 Å². The highest BCUT2D eigenvalue weighted by Crippen LogP contribution is 2.19. The third-order valence-electron chi connectivity index (χ3n) is 2.24. The van der Waals surface area contributed by atoms with Crippen LogP contribution in [0, 0.1) is 0 Å². The van der Waals surface area contributed by atoms with Gasteiger partial charge < -0.3 is 0 Å². The minimum Gasteiger partial charge on any atom is -0.294 e. The van der Waals surface area contributed by atoms with E-state index in [0.29, 0.717) is 6.04 Å². The van der Waals surface area contributed by atoms with Crippen LogP contribution in [-0.2, 0) is 0 Å². The maximum absolute atomic E-state index is 12.7. The number of alkyl halides is 2. The average Bonchev–Trinajstić information content (AvgIpc) is 2.33. The molecule has 1 saturated heterocycles. The lowest BCUT2D eigenvalue weighted by Crippen LogP contribution is -2.33. The Hall–Kier alpha value is 0.170. The Balaban J connectivity index is 2.35. The zero-order valence-electron chi connectivity index (χ0n) is 7.46. The molecule has 0 aromatic heterocycles. The number of hydrogen-bond acceptors (Lipinski definition) is 2. The molecular weight excluding hydrogens is 180 g/mol. The molecule has 0 spiro atoms. The highest BCUT2D eigenvalue weighted by molar-refractivity contribution is 7.98. The Kier molecular flexibility index (Phi) is 3.77. The van der Waals surface area contributed by atoms with Crippen LogP contribution in [0.2, 0.25) is 0 Å². The summed E-state index contributed by atoms with van der Waals surface area (Å²) >= 11 is 1.71. The summed E-state index contributed by atoms with van der Waals surface area (Å²) in [6.45, 7) is 2.55. The van der Waals surface area contributed by atoms with Crippen LogP contribution in [0.15, 0.2) is 0 Å². The van der Waals surface area contributed by atoms with E-state index in [2.05, 4.69) is 0 Å². The van der Waals surface area contributed by atoms with Gasteiger partial charge >= 0.3 is 0 Å². The maximum atomic E-state index is 12.7. The topological polar surface area (TPSA) is 3.24 Å². The van der Waals surface area contributed by atoms with E-state index in [1.165, 1.54) is 0 Å². The van der Waals surface area contributed by atoms with Crippen LogP contribution in [0.1, 0.15) is 6.92 Å². The predicted molar refractivity (Wildman–Crippen MR) is 49.2 cm³/mol. The zero-order chi connectivity index (χ0) is 9.14. The predicted octanol–water partition coefficient (Wildman–Crippen LogP) is 1.73. The van der Waals surface area contributed by atoms with E-state index in [9.17, 15) is 8.78 Å². The molecule has 72 valence electrons. The minimum atomic E-state index is -1.27. The first kappa shape index (κ1) is 10.3. The summed E-state index contributed by atoms with van der Waals surface area (Å²) in [4.78, 5) is 1.88. The first-order valence-electron chi connectivity index (χ1n) is 4.16. The average molecular weight is 195 g/mol. The molecule has 1 nitrogen and oxygen atoms in total. The van der Waals surface area contributed by atoms with Gasteiger partial charge in [-0.25, -0.2) is 8.78 Å². The van der Waals surface area contributed by atoms with Crippen molar-refractivity contribution in [2.75, 3.05) is 25.1 Å². The van der Waals surface area contributed by atoms with Crippen LogP contribution < -0.4 is 0 Å². The van der Waals surface area contributed by atoms with Crippen LogP contribution in [0.5, 0.6) is 0 Å². The number of nitrogens with zero attached hydrogens (tertiary/aromatic N) is 1. The molecule has 1 heterocycles. The molecule has 0 saturated carbocycles. The zero-order valence-corrected chi connectivity index (χ0v) is 8.28. The second-order valence-electron chi connectivity index (χ2n) is 3.29. The van der Waals surface area contributed by atoms with E-state index in [4.69, 9.17) is 0 Å². The molecule has 12 heavy (non-hydrogen) atoms. The van der Waals surface area contributed by atoms with E-state index < -0.39 is 12.3 Å². The van der Waals surface area contributed by atoms with Crippen molar-refractivity contribution in [1.29, 1.82) is 0 Å². The van der Waals surface area contributed by atoms with Crippen LogP contribution in [0.4, 0.5) is 8.78 Å². The molecule has 0 amide bonds. The second-order valence-corrected chi connectivity index (χ2v) is 4.20. The van der Waals surface area contributed by atoms with Gasteiger partial charge in [-0.15, -0.1) is 0 Å². The lowest BCUT2D eigenvalue weighted by molar-refractivity contribution is 0.217. The van der Waals surface area contributed by atoms with E-state index in [-0.39, 0.29) is 13.1 Å². The fourth-order valence-corrected chi connectivity index (χ4v) is 2.15. The highest BCUT2D eigenvalue weighted by Gasteiger charge is 2.34. The molecule has 0 aromatic carbocycles. The van der Waals surface area contributed by atoms with Gasteiger partial charge in [0, 0.05) is 24.9 Å². The molecule has 4 heteroatoms. The monoisotopic (exact) mass is 195 g/mol. The van der Waals surface area contributed by atoms with Crippen LogP contribution in [-0.4, -0.2) is 48.4 Å². The first-order chi connectivity index (χ1) is 5.65. The number of likely N-dealkylation sites (tertiary alicyclic amines) is 1. The van der Waals surface area contributed by atoms with Crippen molar-refractivity contribution in [3.63, 3.8) is 0 Å². The summed E-state index contributed by atoms with van der Waals surface area (Å²) in [7, 11) is 0. The fraction of sp³-hybridized carbons (Fsp3) is 1.00. The summed E-state index contributed by atoms with van der Waals surface area (Å²) in [5, 5.41) is 0. The maximum Gasteiger partial charge on any atom is 0.145 e. The Bertz CT molecular complexity index is 135. The van der Waals surface area contributed by atoms with E-state index in [1.807, 2.05) is 18.1 Å². The summed E-state index contributed by atoms with van der Waals surface area (Å²) < 4.78 is 25.5. The molecule has 0 aliphatic carbocycles. The Morgan fingerprint density at radius 3 is 2.33 bits per heavy atom. The van der Waals surface area contributed by atoms with Gasteiger partial charge in [-0.2, -0.15) is 11.8 Å². The smallest absolute Gasteiger partial charge is 0.145 e. The van der Waals surface area contributed by atoms with Crippen molar-refractivity contribution in [3.05, 3.63) is 0 Å². The van der Waals surface area contributed by atoms with Crippen molar-refractivity contribution in [2.45, 2.75) is 25.3 Å². The van der Waals surface area contributed by atoms with Crippen molar-refractivity contribution < 1.29 is 8.78 Å². The van der Waals surface area contributed by atoms with Crippen LogP contribution in [0.3, 0.4) is 0 Å². The molecule has 1 aliphatic rings. The van der Waals surface area contributed by atoms with Crippen LogP contribution in [0.25, 0.3) is 0 Å². The quantitative estimate of drug-likeness (QED) is 0.674. The lowest BCUT2D eigenvalue weighted by Gasteiger charge is -2.22. The van der Waals surface area contributed by atoms with Gasteiger partial charge in [-0.3, -0.25) is 4.90 Å². The van der Waals surface area contributed by atoms with Crippen molar-refractivity contribution in [1.82, 2.24) is 4.90 Å². The van der Waals surface area contributed by atoms with Gasteiger partial charge in [0.15, 0.2) is 0 Å². The normalized spacial score (nSPS) is 34.0. The summed E-state index contributed by atoms with van der Waals surface area (Å²) in [5.41, 5.74) is 0. The summed E-state index contributed by atoms with van der Waals surface area (Å²) in [6, 6.07) is 0.291. The lowest BCUT2D eigenvalue weighted by atomic mass is 10.3. The molecule has 1 rings (SSSR count). The van der Waals surface area contributed by atoms with Crippen molar-refractivity contribution >= 4 is 11.8 Å². The standard InChI is InChI=1S/C8H15F2NS/c1-6(5-12-2)11-3-7(9)8(10)4-11/h6-8H,3-5H2,1-2H3/t6?,7-,8+. The SMILES string of the molecule is CSCC(C)N1C[C@@H](F)[C@@H](F)C1. The van der Waals surface area contributed by atoms with Gasteiger partial charge in [0.25, 0.3) is 0 Å². The molecule has 3 atom stereocenters. The number of halogens is 2. The Labute approximate surface area is 76.5 Å². The summed E-state index contributed by atoms with van der Waals surface area (Å²) in [5.74, 6) is 0.944. The minimum absolute atomic E-state index is 0.267. The van der Waals surface area contributed by atoms with Gasteiger partial charge in [0.2, 0.25) is 0 Å². The molecule has 1 aliphatic heterocycles. The van der Waals surface area contributed by atoms with E-state index in [0.717, 1.165) is 5.75 Å².